The number of amides is 1. The summed E-state index contributed by atoms with van der Waals surface area (Å²) in [6, 6.07) is 14.0. The van der Waals surface area contributed by atoms with Crippen LogP contribution in [0.4, 0.5) is 0 Å². The Morgan fingerprint density at radius 3 is 2.76 bits per heavy atom. The molecule has 0 radical (unpaired) electrons. The van der Waals surface area contributed by atoms with Gasteiger partial charge in [-0.2, -0.15) is 0 Å². The van der Waals surface area contributed by atoms with E-state index in [9.17, 15) is 14.7 Å². The summed E-state index contributed by atoms with van der Waals surface area (Å²) >= 11 is 6.05. The number of carbonyl (C=O) groups is 2. The first-order valence-corrected chi connectivity index (χ1v) is 11.3. The van der Waals surface area contributed by atoms with Crippen molar-refractivity contribution in [2.45, 2.75) is 31.5 Å². The second-order valence-corrected chi connectivity index (χ2v) is 8.69. The summed E-state index contributed by atoms with van der Waals surface area (Å²) < 4.78 is 6.32. The summed E-state index contributed by atoms with van der Waals surface area (Å²) in [4.78, 5) is 27.0. The summed E-state index contributed by atoms with van der Waals surface area (Å²) in [6.07, 6.45) is 2.72. The molecule has 0 saturated carbocycles. The predicted octanol–water partition coefficient (Wildman–Crippen LogP) is 2.60. The van der Waals surface area contributed by atoms with Crippen molar-refractivity contribution in [1.29, 1.82) is 0 Å². The first-order chi connectivity index (χ1) is 16.4. The number of esters is 1. The van der Waals surface area contributed by atoms with Crippen molar-refractivity contribution in [3.8, 4) is 5.75 Å². The van der Waals surface area contributed by atoms with Crippen LogP contribution in [0.2, 0.25) is 5.02 Å². The largest absolute Gasteiger partial charge is 0.508 e. The van der Waals surface area contributed by atoms with Gasteiger partial charge >= 0.3 is 5.97 Å². The van der Waals surface area contributed by atoms with E-state index in [0.717, 1.165) is 11.1 Å². The quantitative estimate of drug-likeness (QED) is 0.474. The molecule has 2 atom stereocenters. The first kappa shape index (κ1) is 23.7. The molecule has 10 heteroatoms. The van der Waals surface area contributed by atoms with Crippen LogP contribution in [0.15, 0.2) is 54.7 Å². The minimum Gasteiger partial charge on any atom is -0.508 e. The molecule has 3 aromatic rings. The van der Waals surface area contributed by atoms with Crippen molar-refractivity contribution < 1.29 is 19.4 Å². The zero-order chi connectivity index (χ0) is 24.1. The van der Waals surface area contributed by atoms with Crippen LogP contribution in [-0.4, -0.2) is 63.1 Å². The zero-order valence-corrected chi connectivity index (χ0v) is 19.5. The molecule has 1 aliphatic heterocycles. The Balaban J connectivity index is 1.46. The molecule has 1 aromatic heterocycles. The summed E-state index contributed by atoms with van der Waals surface area (Å²) in [7, 11) is 1.29. The molecule has 0 bridgehead atoms. The lowest BCUT2D eigenvalue weighted by atomic mass is 10.1. The third-order valence-corrected chi connectivity index (χ3v) is 6.10. The third-order valence-electron chi connectivity index (χ3n) is 5.86. The highest BCUT2D eigenvalue weighted by molar-refractivity contribution is 6.30. The van der Waals surface area contributed by atoms with E-state index < -0.39 is 12.0 Å². The maximum atomic E-state index is 13.2. The summed E-state index contributed by atoms with van der Waals surface area (Å²) in [5.41, 5.74) is 2.06. The molecule has 2 N–H and O–H groups in total. The van der Waals surface area contributed by atoms with Gasteiger partial charge in [0, 0.05) is 24.7 Å². The van der Waals surface area contributed by atoms with Crippen LogP contribution < -0.4 is 5.32 Å². The van der Waals surface area contributed by atoms with Gasteiger partial charge in [0.25, 0.3) is 0 Å². The number of nitrogens with zero attached hydrogens (tertiary/aromatic N) is 4. The molecule has 1 fully saturated rings. The van der Waals surface area contributed by atoms with E-state index in [0.29, 0.717) is 37.5 Å². The number of hydrogen-bond donors (Lipinski definition) is 2. The number of hydrogen-bond acceptors (Lipinski definition) is 7. The monoisotopic (exact) mass is 483 g/mol. The van der Waals surface area contributed by atoms with Crippen molar-refractivity contribution in [2.24, 2.45) is 0 Å². The van der Waals surface area contributed by atoms with Gasteiger partial charge < -0.3 is 15.2 Å². The van der Waals surface area contributed by atoms with Crippen molar-refractivity contribution >= 4 is 23.5 Å². The number of aromatic hydroxyl groups is 1. The summed E-state index contributed by atoms with van der Waals surface area (Å²) in [5, 5.41) is 21.5. The number of ether oxygens (including phenoxy) is 1. The molecule has 2 heterocycles. The van der Waals surface area contributed by atoms with E-state index >= 15 is 0 Å². The molecule has 34 heavy (non-hydrogen) atoms. The lowest BCUT2D eigenvalue weighted by molar-refractivity contribution is -0.125. The average Bonchev–Trinajstić information content (AvgIpc) is 3.46. The number of phenols is 1. The number of phenolic OH excluding ortho intramolecular Hbond substituents is 1. The molecule has 9 nitrogen and oxygen atoms in total. The number of aromatic nitrogens is 3. The maximum Gasteiger partial charge on any atom is 0.360 e. The van der Waals surface area contributed by atoms with Gasteiger partial charge in [-0.05, 0) is 48.2 Å². The van der Waals surface area contributed by atoms with E-state index in [1.807, 2.05) is 35.2 Å². The van der Waals surface area contributed by atoms with Gasteiger partial charge in [-0.15, -0.1) is 5.10 Å². The molecule has 178 valence electrons. The molecule has 0 aliphatic carbocycles. The fraction of sp³-hybridized carbons (Fsp3) is 0.333. The van der Waals surface area contributed by atoms with Crippen LogP contribution >= 0.6 is 11.6 Å². The fourth-order valence-corrected chi connectivity index (χ4v) is 4.41. The van der Waals surface area contributed by atoms with E-state index in [1.54, 1.807) is 29.1 Å². The Morgan fingerprint density at radius 1 is 1.21 bits per heavy atom. The van der Waals surface area contributed by atoms with Crippen molar-refractivity contribution in [3.63, 3.8) is 0 Å². The standard InChI is InChI=1S/C24H26ClN5O4/c1-34-24(33)21-15-30(28-27-21)19-12-22(29(14-19)13-17-5-3-7-20(31)11-17)23(32)26-9-8-16-4-2-6-18(25)10-16/h2-7,10-11,15,19,22,31H,8-9,12-14H2,1H3,(H,26,32)/t19-,22+/m1/s1. The molecular weight excluding hydrogens is 458 g/mol. The van der Waals surface area contributed by atoms with Gasteiger partial charge in [0.2, 0.25) is 5.91 Å². The number of methoxy groups -OCH3 is 1. The number of carbonyl (C=O) groups excluding carboxylic acids is 2. The Hall–Kier alpha value is -3.43. The van der Waals surface area contributed by atoms with E-state index in [4.69, 9.17) is 16.3 Å². The van der Waals surface area contributed by atoms with Gasteiger partial charge in [-0.3, -0.25) is 9.69 Å². The predicted molar refractivity (Wildman–Crippen MR) is 125 cm³/mol. The molecule has 4 rings (SSSR count). The molecular formula is C24H26ClN5O4. The highest BCUT2D eigenvalue weighted by atomic mass is 35.5. The number of likely N-dealkylation sites (tertiary alicyclic amines) is 1. The summed E-state index contributed by atoms with van der Waals surface area (Å²) in [6.45, 7) is 1.50. The van der Waals surface area contributed by atoms with Crippen molar-refractivity contribution in [2.75, 3.05) is 20.2 Å². The minimum absolute atomic E-state index is 0.0852. The topological polar surface area (TPSA) is 110 Å². The van der Waals surface area contributed by atoms with Crippen molar-refractivity contribution in [1.82, 2.24) is 25.2 Å². The smallest absolute Gasteiger partial charge is 0.360 e. The lowest BCUT2D eigenvalue weighted by Gasteiger charge is -2.23. The molecule has 1 amide bonds. The summed E-state index contributed by atoms with van der Waals surface area (Å²) in [5.74, 6) is -0.469. The second-order valence-electron chi connectivity index (χ2n) is 8.25. The fourth-order valence-electron chi connectivity index (χ4n) is 4.20. The van der Waals surface area contributed by atoms with Gasteiger partial charge in [-0.25, -0.2) is 9.48 Å². The first-order valence-electron chi connectivity index (χ1n) is 11.0. The van der Waals surface area contributed by atoms with E-state index in [-0.39, 0.29) is 23.4 Å². The lowest BCUT2D eigenvalue weighted by Crippen LogP contribution is -2.43. The number of benzene rings is 2. The Kier molecular flexibility index (Phi) is 7.44. The minimum atomic E-state index is -0.559. The van der Waals surface area contributed by atoms with Gasteiger partial charge in [0.15, 0.2) is 5.69 Å². The molecule has 1 aliphatic rings. The molecule has 1 saturated heterocycles. The Labute approximate surface area is 202 Å². The Bertz CT molecular complexity index is 1170. The van der Waals surface area contributed by atoms with Gasteiger partial charge in [0.05, 0.1) is 25.4 Å². The van der Waals surface area contributed by atoms with Crippen LogP contribution in [0, 0.1) is 0 Å². The van der Waals surface area contributed by atoms with Crippen molar-refractivity contribution in [3.05, 3.63) is 76.6 Å². The zero-order valence-electron chi connectivity index (χ0n) is 18.7. The second kappa shape index (κ2) is 10.7. The van der Waals surface area contributed by atoms with Gasteiger partial charge in [0.1, 0.15) is 5.75 Å². The number of nitrogens with one attached hydrogen (secondary N) is 1. The van der Waals surface area contributed by atoms with Crippen LogP contribution in [0.1, 0.15) is 34.1 Å². The number of rotatable bonds is 8. The van der Waals surface area contributed by atoms with E-state index in [1.165, 1.54) is 7.11 Å². The SMILES string of the molecule is COC(=O)c1cn([C@@H]2C[C@@H](C(=O)NCCc3cccc(Cl)c3)N(Cc3cccc(O)c3)C2)nn1. The van der Waals surface area contributed by atoms with Crippen LogP contribution in [0.25, 0.3) is 0 Å². The van der Waals surface area contributed by atoms with Gasteiger partial charge in [-0.1, -0.05) is 41.1 Å². The molecule has 0 unspecified atom stereocenters. The molecule has 2 aromatic carbocycles. The maximum absolute atomic E-state index is 13.2. The highest BCUT2D eigenvalue weighted by Crippen LogP contribution is 2.29. The van der Waals surface area contributed by atoms with Crippen LogP contribution in [0.3, 0.4) is 0 Å². The Morgan fingerprint density at radius 2 is 2.00 bits per heavy atom. The highest BCUT2D eigenvalue weighted by Gasteiger charge is 2.38. The normalized spacial score (nSPS) is 18.1. The van der Waals surface area contributed by atoms with Crippen LogP contribution in [0.5, 0.6) is 5.75 Å². The average molecular weight is 484 g/mol. The third kappa shape index (κ3) is 5.73. The van der Waals surface area contributed by atoms with Crippen LogP contribution in [-0.2, 0) is 22.5 Å². The van der Waals surface area contributed by atoms with E-state index in [2.05, 4.69) is 15.6 Å². The molecule has 0 spiro atoms. The number of halogens is 1.